The second-order valence-corrected chi connectivity index (χ2v) is 6.00. The standard InChI is InChI=1S/C12H17N3O2S/c16-11(17)8-4-5-9-10(8)13-12(18-9)14-15-6-2-1-3-7-15/h8H,1-7H2,(H,13,14)(H,16,17). The summed E-state index contributed by atoms with van der Waals surface area (Å²) in [6, 6.07) is 0. The largest absolute Gasteiger partial charge is 0.481 e. The lowest BCUT2D eigenvalue weighted by molar-refractivity contribution is -0.138. The van der Waals surface area contributed by atoms with Crippen LogP contribution in [0.1, 0.15) is 42.2 Å². The molecule has 98 valence electrons. The lowest BCUT2D eigenvalue weighted by atomic mass is 10.1. The lowest BCUT2D eigenvalue weighted by Crippen LogP contribution is -2.34. The Labute approximate surface area is 110 Å². The fourth-order valence-corrected chi connectivity index (χ4v) is 3.72. The minimum absolute atomic E-state index is 0.395. The van der Waals surface area contributed by atoms with Gasteiger partial charge in [0.15, 0.2) is 5.13 Å². The quantitative estimate of drug-likeness (QED) is 0.877. The monoisotopic (exact) mass is 267 g/mol. The van der Waals surface area contributed by atoms with Crippen molar-refractivity contribution in [3.63, 3.8) is 0 Å². The van der Waals surface area contributed by atoms with Crippen molar-refractivity contribution >= 4 is 22.4 Å². The summed E-state index contributed by atoms with van der Waals surface area (Å²) in [6.07, 6.45) is 5.29. The number of hydrogen-bond acceptors (Lipinski definition) is 5. The number of carboxylic acids is 1. The van der Waals surface area contributed by atoms with Crippen molar-refractivity contribution in [1.82, 2.24) is 9.99 Å². The molecule has 1 aliphatic carbocycles. The van der Waals surface area contributed by atoms with Crippen LogP contribution < -0.4 is 5.43 Å². The number of aliphatic carboxylic acids is 1. The molecule has 0 bridgehead atoms. The highest BCUT2D eigenvalue weighted by molar-refractivity contribution is 7.15. The van der Waals surface area contributed by atoms with Gasteiger partial charge in [-0.25, -0.2) is 9.99 Å². The van der Waals surface area contributed by atoms with Gasteiger partial charge in [0.1, 0.15) is 5.92 Å². The van der Waals surface area contributed by atoms with E-state index < -0.39 is 11.9 Å². The van der Waals surface area contributed by atoms with E-state index in [1.807, 2.05) is 0 Å². The number of carbonyl (C=O) groups is 1. The number of aromatic nitrogens is 1. The Balaban J connectivity index is 1.71. The molecule has 1 saturated heterocycles. The normalized spacial score (nSPS) is 23.9. The average Bonchev–Trinajstić information content (AvgIpc) is 2.89. The van der Waals surface area contributed by atoms with Gasteiger partial charge in [-0.3, -0.25) is 10.2 Å². The fourth-order valence-electron chi connectivity index (χ4n) is 2.66. The first-order valence-corrected chi connectivity index (χ1v) is 7.29. The summed E-state index contributed by atoms with van der Waals surface area (Å²) in [4.78, 5) is 16.7. The van der Waals surface area contributed by atoms with Crippen molar-refractivity contribution in [3.05, 3.63) is 10.6 Å². The molecule has 2 N–H and O–H groups in total. The summed E-state index contributed by atoms with van der Waals surface area (Å²) < 4.78 is 0. The van der Waals surface area contributed by atoms with Gasteiger partial charge in [0.25, 0.3) is 0 Å². The number of anilines is 1. The number of hydrogen-bond donors (Lipinski definition) is 2. The second-order valence-electron chi connectivity index (χ2n) is 4.92. The van der Waals surface area contributed by atoms with E-state index in [0.717, 1.165) is 35.2 Å². The third-order valence-corrected chi connectivity index (χ3v) is 4.66. The number of carboxylic acid groups (broad SMARTS) is 1. The Morgan fingerprint density at radius 3 is 2.89 bits per heavy atom. The Bertz CT molecular complexity index is 454. The molecule has 0 saturated carbocycles. The highest BCUT2D eigenvalue weighted by Crippen LogP contribution is 2.38. The predicted molar refractivity (Wildman–Crippen MR) is 69.9 cm³/mol. The van der Waals surface area contributed by atoms with Crippen LogP contribution in [0.25, 0.3) is 0 Å². The zero-order valence-corrected chi connectivity index (χ0v) is 11.0. The van der Waals surface area contributed by atoms with Gasteiger partial charge in [0, 0.05) is 18.0 Å². The lowest BCUT2D eigenvalue weighted by Gasteiger charge is -2.26. The van der Waals surface area contributed by atoms with E-state index in [0.29, 0.717) is 6.42 Å². The molecule has 1 atom stereocenters. The second kappa shape index (κ2) is 4.85. The average molecular weight is 267 g/mol. The highest BCUT2D eigenvalue weighted by Gasteiger charge is 2.32. The third kappa shape index (κ3) is 2.22. The van der Waals surface area contributed by atoms with Crippen molar-refractivity contribution in [2.24, 2.45) is 0 Å². The van der Waals surface area contributed by atoms with Crippen molar-refractivity contribution in [2.45, 2.75) is 38.0 Å². The van der Waals surface area contributed by atoms with Crippen LogP contribution in [0, 0.1) is 0 Å². The summed E-state index contributed by atoms with van der Waals surface area (Å²) in [5, 5.41) is 12.2. The fraction of sp³-hybridized carbons (Fsp3) is 0.667. The first kappa shape index (κ1) is 11.9. The Hall–Kier alpha value is -1.14. The summed E-state index contributed by atoms with van der Waals surface area (Å²) in [5.74, 6) is -1.14. The molecule has 18 heavy (non-hydrogen) atoms. The number of hydrazine groups is 1. The maximum Gasteiger partial charge on any atom is 0.312 e. The molecule has 1 aromatic heterocycles. The minimum Gasteiger partial charge on any atom is -0.481 e. The van der Waals surface area contributed by atoms with Crippen molar-refractivity contribution < 1.29 is 9.90 Å². The predicted octanol–water partition coefficient (Wildman–Crippen LogP) is 2.07. The van der Waals surface area contributed by atoms with E-state index >= 15 is 0 Å². The molecule has 1 unspecified atom stereocenters. The van der Waals surface area contributed by atoms with Crippen LogP contribution in [-0.4, -0.2) is 34.2 Å². The van der Waals surface area contributed by atoms with E-state index in [4.69, 9.17) is 5.11 Å². The van der Waals surface area contributed by atoms with Gasteiger partial charge in [-0.15, -0.1) is 11.3 Å². The van der Waals surface area contributed by atoms with Crippen molar-refractivity contribution in [3.8, 4) is 0 Å². The van der Waals surface area contributed by atoms with E-state index in [2.05, 4.69) is 15.4 Å². The molecule has 2 aliphatic rings. The topological polar surface area (TPSA) is 65.5 Å². The number of thiazole rings is 1. The third-order valence-electron chi connectivity index (χ3n) is 3.63. The van der Waals surface area contributed by atoms with Gasteiger partial charge < -0.3 is 5.11 Å². The number of aryl methyl sites for hydroxylation is 1. The zero-order valence-electron chi connectivity index (χ0n) is 10.2. The van der Waals surface area contributed by atoms with Crippen LogP contribution in [0.15, 0.2) is 0 Å². The summed E-state index contributed by atoms with van der Waals surface area (Å²) in [5.41, 5.74) is 4.10. The molecule has 3 rings (SSSR count). The first-order valence-electron chi connectivity index (χ1n) is 6.48. The molecule has 1 aliphatic heterocycles. The van der Waals surface area contributed by atoms with E-state index in [1.165, 1.54) is 19.3 Å². The summed E-state index contributed by atoms with van der Waals surface area (Å²) in [6.45, 7) is 2.10. The molecule has 0 spiro atoms. The Morgan fingerprint density at radius 1 is 1.39 bits per heavy atom. The minimum atomic E-state index is -0.747. The Kier molecular flexibility index (Phi) is 3.22. The number of fused-ring (bicyclic) bond motifs is 1. The highest BCUT2D eigenvalue weighted by atomic mass is 32.1. The number of piperidine rings is 1. The molecule has 1 fully saturated rings. The van der Waals surface area contributed by atoms with Crippen LogP contribution in [-0.2, 0) is 11.2 Å². The summed E-state index contributed by atoms with van der Waals surface area (Å²) >= 11 is 1.61. The molecular weight excluding hydrogens is 250 g/mol. The zero-order chi connectivity index (χ0) is 12.5. The number of nitrogens with zero attached hydrogens (tertiary/aromatic N) is 2. The van der Waals surface area contributed by atoms with Gasteiger partial charge >= 0.3 is 5.97 Å². The molecular formula is C12H17N3O2S. The van der Waals surface area contributed by atoms with Crippen LogP contribution in [0.3, 0.4) is 0 Å². The molecule has 2 heterocycles. The number of nitrogens with one attached hydrogen (secondary N) is 1. The maximum absolute atomic E-state index is 11.1. The molecule has 1 aromatic rings. The van der Waals surface area contributed by atoms with Gasteiger partial charge in [-0.2, -0.15) is 0 Å². The smallest absolute Gasteiger partial charge is 0.312 e. The molecule has 0 aromatic carbocycles. The van der Waals surface area contributed by atoms with Crippen LogP contribution in [0.4, 0.5) is 5.13 Å². The van der Waals surface area contributed by atoms with Crippen LogP contribution in [0.2, 0.25) is 0 Å². The van der Waals surface area contributed by atoms with Gasteiger partial charge in [-0.1, -0.05) is 6.42 Å². The molecule has 6 heteroatoms. The maximum atomic E-state index is 11.1. The SMILES string of the molecule is O=C(O)C1CCc2sc(NN3CCCCC3)nc21. The van der Waals surface area contributed by atoms with Gasteiger partial charge in [0.2, 0.25) is 0 Å². The van der Waals surface area contributed by atoms with Crippen molar-refractivity contribution in [2.75, 3.05) is 18.5 Å². The Morgan fingerprint density at radius 2 is 2.17 bits per heavy atom. The molecule has 0 radical (unpaired) electrons. The molecule has 0 amide bonds. The van der Waals surface area contributed by atoms with Crippen molar-refractivity contribution in [1.29, 1.82) is 0 Å². The van der Waals surface area contributed by atoms with E-state index in [9.17, 15) is 4.79 Å². The van der Waals surface area contributed by atoms with Gasteiger partial charge in [0.05, 0.1) is 5.69 Å². The van der Waals surface area contributed by atoms with Crippen LogP contribution >= 0.6 is 11.3 Å². The first-order chi connectivity index (χ1) is 8.74. The molecule has 5 nitrogen and oxygen atoms in total. The van der Waals surface area contributed by atoms with E-state index in [1.54, 1.807) is 11.3 Å². The van der Waals surface area contributed by atoms with Gasteiger partial charge in [-0.05, 0) is 25.7 Å². The summed E-state index contributed by atoms with van der Waals surface area (Å²) in [7, 11) is 0. The van der Waals surface area contributed by atoms with Crippen LogP contribution in [0.5, 0.6) is 0 Å². The van der Waals surface area contributed by atoms with E-state index in [-0.39, 0.29) is 0 Å². The number of rotatable bonds is 3.